The van der Waals surface area contributed by atoms with E-state index in [2.05, 4.69) is 39.1 Å². The van der Waals surface area contributed by atoms with Gasteiger partial charge in [0.25, 0.3) is 0 Å². The summed E-state index contributed by atoms with van der Waals surface area (Å²) in [6.07, 6.45) is 3.63. The van der Waals surface area contributed by atoms with Gasteiger partial charge in [-0.1, -0.05) is 17.7 Å². The summed E-state index contributed by atoms with van der Waals surface area (Å²) in [6.45, 7) is 2.01. The van der Waals surface area contributed by atoms with Crippen molar-refractivity contribution in [3.63, 3.8) is 0 Å². The SMILES string of the molecule is Cc1cncc(C(NN)c2cc(Cl)ccc2I)c1. The zero-order valence-electron chi connectivity index (χ0n) is 9.82. The first-order valence-electron chi connectivity index (χ1n) is 5.44. The number of benzene rings is 1. The van der Waals surface area contributed by atoms with E-state index in [-0.39, 0.29) is 6.04 Å². The summed E-state index contributed by atoms with van der Waals surface area (Å²) in [5.74, 6) is 5.68. The van der Waals surface area contributed by atoms with Gasteiger partial charge in [-0.15, -0.1) is 0 Å². The van der Waals surface area contributed by atoms with Crippen molar-refractivity contribution in [1.29, 1.82) is 0 Å². The van der Waals surface area contributed by atoms with E-state index in [4.69, 9.17) is 17.4 Å². The first kappa shape index (κ1) is 13.7. The minimum atomic E-state index is -0.108. The minimum Gasteiger partial charge on any atom is -0.271 e. The molecule has 5 heteroatoms. The second kappa shape index (κ2) is 5.97. The van der Waals surface area contributed by atoms with Crippen molar-refractivity contribution in [2.24, 2.45) is 5.84 Å². The Hall–Kier alpha value is -0.690. The molecule has 1 aromatic carbocycles. The maximum Gasteiger partial charge on any atom is 0.0735 e. The zero-order chi connectivity index (χ0) is 13.1. The number of hydrazine groups is 1. The van der Waals surface area contributed by atoms with Crippen molar-refractivity contribution in [2.45, 2.75) is 13.0 Å². The van der Waals surface area contributed by atoms with E-state index < -0.39 is 0 Å². The molecule has 94 valence electrons. The van der Waals surface area contributed by atoms with Gasteiger partial charge in [-0.3, -0.25) is 10.8 Å². The first-order valence-corrected chi connectivity index (χ1v) is 6.90. The largest absolute Gasteiger partial charge is 0.271 e. The smallest absolute Gasteiger partial charge is 0.0735 e. The average Bonchev–Trinajstić information content (AvgIpc) is 2.35. The summed E-state index contributed by atoms with van der Waals surface area (Å²) in [5.41, 5.74) is 6.01. The van der Waals surface area contributed by atoms with Crippen LogP contribution in [0.3, 0.4) is 0 Å². The fourth-order valence-corrected chi connectivity index (χ4v) is 2.67. The van der Waals surface area contributed by atoms with Gasteiger partial charge in [-0.2, -0.15) is 0 Å². The van der Waals surface area contributed by atoms with E-state index in [0.29, 0.717) is 5.02 Å². The highest BCUT2D eigenvalue weighted by molar-refractivity contribution is 14.1. The summed E-state index contributed by atoms with van der Waals surface area (Å²) in [7, 11) is 0. The summed E-state index contributed by atoms with van der Waals surface area (Å²) in [4.78, 5) is 4.20. The maximum absolute atomic E-state index is 6.05. The third kappa shape index (κ3) is 3.00. The van der Waals surface area contributed by atoms with Gasteiger partial charge in [0.2, 0.25) is 0 Å². The van der Waals surface area contributed by atoms with Crippen LogP contribution in [0.25, 0.3) is 0 Å². The Labute approximate surface area is 125 Å². The lowest BCUT2D eigenvalue weighted by Crippen LogP contribution is -2.29. The molecule has 1 atom stereocenters. The van der Waals surface area contributed by atoms with Gasteiger partial charge in [0.1, 0.15) is 0 Å². The number of aryl methyl sites for hydroxylation is 1. The normalized spacial score (nSPS) is 12.4. The van der Waals surface area contributed by atoms with Crippen molar-refractivity contribution in [3.8, 4) is 0 Å². The monoisotopic (exact) mass is 373 g/mol. The summed E-state index contributed by atoms with van der Waals surface area (Å²) in [5, 5.41) is 0.700. The van der Waals surface area contributed by atoms with Crippen molar-refractivity contribution < 1.29 is 0 Å². The second-order valence-corrected chi connectivity index (χ2v) is 5.66. The fourth-order valence-electron chi connectivity index (χ4n) is 1.84. The topological polar surface area (TPSA) is 50.9 Å². The molecule has 1 heterocycles. The van der Waals surface area contributed by atoms with Crippen molar-refractivity contribution in [1.82, 2.24) is 10.4 Å². The quantitative estimate of drug-likeness (QED) is 0.493. The van der Waals surface area contributed by atoms with Crippen molar-refractivity contribution >= 4 is 34.2 Å². The number of pyridine rings is 1. The molecule has 0 bridgehead atoms. The van der Waals surface area contributed by atoms with Crippen LogP contribution < -0.4 is 11.3 Å². The van der Waals surface area contributed by atoms with Crippen LogP contribution in [0.4, 0.5) is 0 Å². The molecule has 0 spiro atoms. The number of nitrogens with two attached hydrogens (primary N) is 1. The summed E-state index contributed by atoms with van der Waals surface area (Å²) < 4.78 is 1.11. The number of nitrogens with zero attached hydrogens (tertiary/aromatic N) is 1. The molecule has 0 radical (unpaired) electrons. The van der Waals surface area contributed by atoms with Crippen LogP contribution in [0.1, 0.15) is 22.7 Å². The van der Waals surface area contributed by atoms with Crippen molar-refractivity contribution in [3.05, 3.63) is 61.9 Å². The van der Waals surface area contributed by atoms with E-state index in [9.17, 15) is 0 Å². The third-order valence-electron chi connectivity index (χ3n) is 2.67. The number of hydrogen-bond acceptors (Lipinski definition) is 3. The molecule has 2 aromatic rings. The highest BCUT2D eigenvalue weighted by atomic mass is 127. The van der Waals surface area contributed by atoms with Crippen LogP contribution in [0.5, 0.6) is 0 Å². The lowest BCUT2D eigenvalue weighted by Gasteiger charge is -2.18. The lowest BCUT2D eigenvalue weighted by molar-refractivity contribution is 0.631. The number of halogens is 2. The standard InChI is InChI=1S/C13H13ClIN3/c1-8-4-9(7-17-6-8)13(18-16)11-5-10(14)2-3-12(11)15/h2-7,13,18H,16H2,1H3. The molecular formula is C13H13ClIN3. The van der Waals surface area contributed by atoms with Crippen LogP contribution in [0.2, 0.25) is 5.02 Å². The Balaban J connectivity index is 2.48. The van der Waals surface area contributed by atoms with Crippen LogP contribution in [0, 0.1) is 10.5 Å². The summed E-state index contributed by atoms with van der Waals surface area (Å²) in [6, 6.07) is 7.73. The predicted octanol–water partition coefficient (Wildman–Crippen LogP) is 3.20. The molecule has 0 saturated heterocycles. The zero-order valence-corrected chi connectivity index (χ0v) is 12.7. The van der Waals surface area contributed by atoms with Crippen LogP contribution >= 0.6 is 34.2 Å². The molecule has 3 N–H and O–H groups in total. The molecule has 0 amide bonds. The van der Waals surface area contributed by atoms with Crippen LogP contribution in [0.15, 0.2) is 36.7 Å². The van der Waals surface area contributed by atoms with Gasteiger partial charge in [-0.05, 0) is 64.4 Å². The lowest BCUT2D eigenvalue weighted by atomic mass is 10.00. The van der Waals surface area contributed by atoms with E-state index in [0.717, 1.165) is 20.3 Å². The number of rotatable bonds is 3. The molecular weight excluding hydrogens is 361 g/mol. The summed E-state index contributed by atoms with van der Waals surface area (Å²) >= 11 is 8.33. The predicted molar refractivity (Wildman–Crippen MR) is 82.3 cm³/mol. The molecule has 1 aromatic heterocycles. The highest BCUT2D eigenvalue weighted by Gasteiger charge is 2.16. The molecule has 3 nitrogen and oxygen atoms in total. The highest BCUT2D eigenvalue weighted by Crippen LogP contribution is 2.28. The molecule has 1 unspecified atom stereocenters. The van der Waals surface area contributed by atoms with Crippen LogP contribution in [-0.2, 0) is 0 Å². The van der Waals surface area contributed by atoms with Gasteiger partial charge in [0.15, 0.2) is 0 Å². The first-order chi connectivity index (χ1) is 8.61. The molecule has 2 rings (SSSR count). The molecule has 18 heavy (non-hydrogen) atoms. The minimum absolute atomic E-state index is 0.108. The Morgan fingerprint density at radius 2 is 2.11 bits per heavy atom. The second-order valence-electron chi connectivity index (χ2n) is 4.06. The average molecular weight is 374 g/mol. The number of nitrogens with one attached hydrogen (secondary N) is 1. The Morgan fingerprint density at radius 3 is 2.78 bits per heavy atom. The fraction of sp³-hybridized carbons (Fsp3) is 0.154. The molecule has 0 aliphatic heterocycles. The maximum atomic E-state index is 6.05. The van der Waals surface area contributed by atoms with Gasteiger partial charge < -0.3 is 0 Å². The van der Waals surface area contributed by atoms with Gasteiger partial charge in [0.05, 0.1) is 6.04 Å². The Kier molecular flexibility index (Phi) is 4.55. The third-order valence-corrected chi connectivity index (χ3v) is 3.88. The van der Waals surface area contributed by atoms with E-state index in [1.54, 1.807) is 0 Å². The Bertz CT molecular complexity index is 560. The van der Waals surface area contributed by atoms with Gasteiger partial charge in [-0.25, -0.2) is 5.43 Å². The number of aromatic nitrogens is 1. The van der Waals surface area contributed by atoms with Crippen molar-refractivity contribution in [2.75, 3.05) is 0 Å². The Morgan fingerprint density at radius 1 is 1.33 bits per heavy atom. The van der Waals surface area contributed by atoms with E-state index in [1.807, 2.05) is 37.5 Å². The molecule has 0 aliphatic rings. The van der Waals surface area contributed by atoms with Gasteiger partial charge in [0, 0.05) is 21.0 Å². The number of hydrogen-bond donors (Lipinski definition) is 2. The van der Waals surface area contributed by atoms with E-state index >= 15 is 0 Å². The molecule has 0 fully saturated rings. The molecule has 0 saturated carbocycles. The molecule has 0 aliphatic carbocycles. The van der Waals surface area contributed by atoms with Gasteiger partial charge >= 0.3 is 0 Å². The van der Waals surface area contributed by atoms with Crippen LogP contribution in [-0.4, -0.2) is 4.98 Å². The van der Waals surface area contributed by atoms with E-state index in [1.165, 1.54) is 0 Å².